The van der Waals surface area contributed by atoms with Crippen molar-refractivity contribution in [3.8, 4) is 0 Å². The normalized spacial score (nSPS) is 16.4. The molecule has 0 amide bonds. The molecule has 2 aromatic rings. The zero-order chi connectivity index (χ0) is 18.5. The van der Waals surface area contributed by atoms with Gasteiger partial charge in [0.05, 0.1) is 12.6 Å². The van der Waals surface area contributed by atoms with E-state index in [0.717, 1.165) is 35.0 Å². The largest absolute Gasteiger partial charge is 0.313 e. The van der Waals surface area contributed by atoms with Gasteiger partial charge in [0, 0.05) is 22.0 Å². The molecule has 0 saturated carbocycles. The van der Waals surface area contributed by atoms with E-state index in [-0.39, 0.29) is 12.3 Å². The van der Waals surface area contributed by atoms with E-state index in [1.165, 1.54) is 5.56 Å². The lowest BCUT2D eigenvalue weighted by atomic mass is 10.1. The average Bonchev–Trinajstić information content (AvgIpc) is 3.16. The molecular weight excluding hydrogens is 364 g/mol. The van der Waals surface area contributed by atoms with E-state index in [9.17, 15) is 4.79 Å². The predicted molar refractivity (Wildman–Crippen MR) is 113 cm³/mol. The van der Waals surface area contributed by atoms with Gasteiger partial charge in [-0.1, -0.05) is 61.5 Å². The molecule has 1 atom stereocenters. The van der Waals surface area contributed by atoms with Gasteiger partial charge in [0.1, 0.15) is 0 Å². The molecule has 1 heterocycles. The summed E-state index contributed by atoms with van der Waals surface area (Å²) in [4.78, 5) is 19.7. The Labute approximate surface area is 164 Å². The number of carbonyl (C=O) groups is 1. The van der Waals surface area contributed by atoms with Crippen molar-refractivity contribution in [1.29, 1.82) is 0 Å². The van der Waals surface area contributed by atoms with Crippen LogP contribution in [0.25, 0.3) is 0 Å². The molecule has 0 radical (unpaired) electrons. The van der Waals surface area contributed by atoms with Gasteiger partial charge >= 0.3 is 0 Å². The summed E-state index contributed by atoms with van der Waals surface area (Å²) in [5, 5.41) is 1.60. The van der Waals surface area contributed by atoms with Crippen LogP contribution in [0.2, 0.25) is 5.02 Å². The van der Waals surface area contributed by atoms with Gasteiger partial charge in [0.2, 0.25) is 0 Å². The minimum absolute atomic E-state index is 0.0888. The Balaban J connectivity index is 1.85. The average molecular weight is 387 g/mol. The Bertz CT molecular complexity index is 787. The molecule has 0 aliphatic carbocycles. The van der Waals surface area contributed by atoms with Crippen molar-refractivity contribution in [2.45, 2.75) is 32.7 Å². The van der Waals surface area contributed by atoms with Crippen LogP contribution in [0.5, 0.6) is 0 Å². The summed E-state index contributed by atoms with van der Waals surface area (Å²) in [7, 11) is 0. The number of anilines is 1. The van der Waals surface area contributed by atoms with Crippen LogP contribution in [-0.2, 0) is 6.42 Å². The first-order valence-corrected chi connectivity index (χ1v) is 10.3. The molecule has 0 saturated heterocycles. The van der Waals surface area contributed by atoms with Crippen molar-refractivity contribution in [3.63, 3.8) is 0 Å². The maximum absolute atomic E-state index is 12.9. The summed E-state index contributed by atoms with van der Waals surface area (Å²) in [6.45, 7) is 4.53. The molecule has 0 bridgehead atoms. The molecule has 0 unspecified atom stereocenters. The molecule has 1 aliphatic rings. The zero-order valence-corrected chi connectivity index (χ0v) is 16.7. The van der Waals surface area contributed by atoms with E-state index in [1.807, 2.05) is 53.4 Å². The Morgan fingerprint density at radius 3 is 2.42 bits per heavy atom. The molecule has 3 rings (SSSR count). The van der Waals surface area contributed by atoms with Crippen LogP contribution in [0.3, 0.4) is 0 Å². The van der Waals surface area contributed by atoms with Gasteiger partial charge in [0.25, 0.3) is 0 Å². The second-order valence-corrected chi connectivity index (χ2v) is 7.74. The summed E-state index contributed by atoms with van der Waals surface area (Å²) >= 11 is 7.75. The Morgan fingerprint density at radius 2 is 1.85 bits per heavy atom. The highest BCUT2D eigenvalue weighted by molar-refractivity contribution is 8.14. The Kier molecular flexibility index (Phi) is 6.38. The number of aryl methyl sites for hydroxylation is 1. The van der Waals surface area contributed by atoms with Crippen LogP contribution in [0.4, 0.5) is 5.69 Å². The number of carbonyl (C=O) groups excluding carboxylic acids is 1. The van der Waals surface area contributed by atoms with Crippen LogP contribution >= 0.6 is 23.4 Å². The van der Waals surface area contributed by atoms with Crippen molar-refractivity contribution >= 4 is 40.0 Å². The summed E-state index contributed by atoms with van der Waals surface area (Å²) in [5.74, 6) is 1.06. The van der Waals surface area contributed by atoms with Crippen LogP contribution in [0.1, 0.15) is 36.2 Å². The fourth-order valence-corrected chi connectivity index (χ4v) is 4.14. The molecule has 0 spiro atoms. The van der Waals surface area contributed by atoms with Crippen LogP contribution in [0, 0.1) is 0 Å². The second-order valence-electron chi connectivity index (χ2n) is 6.32. The van der Waals surface area contributed by atoms with Crippen LogP contribution < -0.4 is 4.90 Å². The molecule has 0 N–H and O–H groups in total. The number of amidine groups is 1. The van der Waals surface area contributed by atoms with E-state index >= 15 is 0 Å². The van der Waals surface area contributed by atoms with Crippen LogP contribution in [-0.4, -0.2) is 29.3 Å². The number of rotatable bonds is 6. The molecular formula is C21H23ClN2OS. The third-order valence-electron chi connectivity index (χ3n) is 4.52. The number of ketones is 1. The number of hydrogen-bond acceptors (Lipinski definition) is 4. The Morgan fingerprint density at radius 1 is 1.15 bits per heavy atom. The van der Waals surface area contributed by atoms with E-state index in [1.54, 1.807) is 11.8 Å². The van der Waals surface area contributed by atoms with Gasteiger partial charge in [-0.05, 0) is 42.7 Å². The number of hydrogen-bond donors (Lipinski definition) is 0. The van der Waals surface area contributed by atoms with E-state index < -0.39 is 0 Å². The van der Waals surface area contributed by atoms with Crippen molar-refractivity contribution in [2.75, 3.05) is 17.2 Å². The molecule has 2 aromatic carbocycles. The predicted octanol–water partition coefficient (Wildman–Crippen LogP) is 5.47. The highest BCUT2D eigenvalue weighted by Gasteiger charge is 2.25. The molecule has 1 aliphatic heterocycles. The lowest BCUT2D eigenvalue weighted by molar-refractivity contribution is 0.100. The molecule has 0 fully saturated rings. The molecule has 136 valence electrons. The SMILES string of the molecule is CCc1ccc(C(=O)CN(C2=N[C@@H](CC)CS2)c2ccc(Cl)cc2)cc1. The quantitative estimate of drug-likeness (QED) is 0.617. The smallest absolute Gasteiger partial charge is 0.182 e. The topological polar surface area (TPSA) is 32.7 Å². The standard InChI is InChI=1S/C21H23ClN2OS/c1-3-15-5-7-16(8-6-15)20(25)13-24(19-11-9-17(22)10-12-19)21-23-18(4-2)14-26-21/h5-12,18H,3-4,13-14H2,1-2H3/t18-/m0/s1. The van der Waals surface area contributed by atoms with Crippen LogP contribution in [0.15, 0.2) is 53.5 Å². The van der Waals surface area contributed by atoms with Crippen molar-refractivity contribution in [1.82, 2.24) is 0 Å². The van der Waals surface area contributed by atoms with Crippen molar-refractivity contribution < 1.29 is 4.79 Å². The number of thioether (sulfide) groups is 1. The first-order chi connectivity index (χ1) is 12.6. The molecule has 26 heavy (non-hydrogen) atoms. The molecule has 0 aromatic heterocycles. The van der Waals surface area contributed by atoms with E-state index in [2.05, 4.69) is 13.8 Å². The summed E-state index contributed by atoms with van der Waals surface area (Å²) in [6, 6.07) is 15.8. The minimum atomic E-state index is 0.0888. The third kappa shape index (κ3) is 4.49. The fraction of sp³-hybridized carbons (Fsp3) is 0.333. The van der Waals surface area contributed by atoms with Crippen molar-refractivity contribution in [3.05, 3.63) is 64.7 Å². The molecule has 3 nitrogen and oxygen atoms in total. The van der Waals surface area contributed by atoms with Gasteiger partial charge in [-0.3, -0.25) is 9.79 Å². The van der Waals surface area contributed by atoms with Crippen molar-refractivity contribution in [2.24, 2.45) is 4.99 Å². The number of benzene rings is 2. The maximum Gasteiger partial charge on any atom is 0.182 e. The first kappa shape index (κ1) is 19.0. The first-order valence-electron chi connectivity index (χ1n) is 8.96. The van der Waals surface area contributed by atoms with Gasteiger partial charge in [0.15, 0.2) is 11.0 Å². The van der Waals surface area contributed by atoms with E-state index in [0.29, 0.717) is 11.1 Å². The lowest BCUT2D eigenvalue weighted by Crippen LogP contribution is -2.33. The van der Waals surface area contributed by atoms with Gasteiger partial charge < -0.3 is 4.90 Å². The minimum Gasteiger partial charge on any atom is -0.313 e. The fourth-order valence-electron chi connectivity index (χ4n) is 2.81. The summed E-state index contributed by atoms with van der Waals surface area (Å²) in [6.07, 6.45) is 1.98. The second kappa shape index (κ2) is 8.74. The molecule has 5 heteroatoms. The monoisotopic (exact) mass is 386 g/mol. The zero-order valence-electron chi connectivity index (χ0n) is 15.1. The summed E-state index contributed by atoms with van der Waals surface area (Å²) < 4.78 is 0. The Hall–Kier alpha value is -1.78. The lowest BCUT2D eigenvalue weighted by Gasteiger charge is -2.23. The summed E-state index contributed by atoms with van der Waals surface area (Å²) in [5.41, 5.74) is 2.91. The number of aliphatic imine (C=N–C) groups is 1. The van der Waals surface area contributed by atoms with Gasteiger partial charge in [-0.2, -0.15) is 0 Å². The number of nitrogens with zero attached hydrogens (tertiary/aromatic N) is 2. The van der Waals surface area contributed by atoms with E-state index in [4.69, 9.17) is 16.6 Å². The van der Waals surface area contributed by atoms with Gasteiger partial charge in [-0.25, -0.2) is 0 Å². The third-order valence-corrected chi connectivity index (χ3v) is 5.91. The van der Waals surface area contributed by atoms with Gasteiger partial charge in [-0.15, -0.1) is 0 Å². The highest BCUT2D eigenvalue weighted by Crippen LogP contribution is 2.28. The number of halogens is 1. The highest BCUT2D eigenvalue weighted by atomic mass is 35.5. The maximum atomic E-state index is 12.9. The number of Topliss-reactive ketones (excluding diaryl/α,β-unsaturated/α-hetero) is 1.